The van der Waals surface area contributed by atoms with Crippen molar-refractivity contribution >= 4 is 39.1 Å². The first-order chi connectivity index (χ1) is 16.6. The molecule has 1 atom stereocenters. The zero-order chi connectivity index (χ0) is 26.0. The molecular formula is C25H34ClN3O5S. The van der Waals surface area contributed by atoms with Crippen molar-refractivity contribution in [1.82, 2.24) is 10.2 Å². The van der Waals surface area contributed by atoms with E-state index in [1.807, 2.05) is 37.3 Å². The number of amides is 2. The van der Waals surface area contributed by atoms with Crippen molar-refractivity contribution in [2.75, 3.05) is 37.3 Å². The summed E-state index contributed by atoms with van der Waals surface area (Å²) in [5, 5.41) is 3.07. The van der Waals surface area contributed by atoms with Crippen LogP contribution in [0.5, 0.6) is 5.75 Å². The number of nitrogens with zero attached hydrogens (tertiary/aromatic N) is 2. The fourth-order valence-electron chi connectivity index (χ4n) is 3.53. The number of methoxy groups -OCH3 is 1. The first-order valence-corrected chi connectivity index (χ1v) is 13.7. The minimum absolute atomic E-state index is 0.218. The van der Waals surface area contributed by atoms with Gasteiger partial charge in [-0.1, -0.05) is 55.3 Å². The van der Waals surface area contributed by atoms with Crippen molar-refractivity contribution in [2.45, 2.75) is 39.2 Å². The zero-order valence-electron chi connectivity index (χ0n) is 20.7. The van der Waals surface area contributed by atoms with Crippen molar-refractivity contribution in [3.05, 3.63) is 59.1 Å². The van der Waals surface area contributed by atoms with Gasteiger partial charge in [0.2, 0.25) is 21.8 Å². The lowest BCUT2D eigenvalue weighted by Crippen LogP contribution is -2.52. The Balaban J connectivity index is 2.30. The van der Waals surface area contributed by atoms with E-state index in [1.165, 1.54) is 30.2 Å². The fraction of sp³-hybridized carbons (Fsp3) is 0.440. The zero-order valence-corrected chi connectivity index (χ0v) is 22.2. The lowest BCUT2D eigenvalue weighted by Gasteiger charge is -2.31. The predicted octanol–water partition coefficient (Wildman–Crippen LogP) is 3.49. The van der Waals surface area contributed by atoms with Gasteiger partial charge in [0.1, 0.15) is 18.3 Å². The van der Waals surface area contributed by atoms with Crippen molar-refractivity contribution < 1.29 is 22.7 Å². The molecule has 0 unspecified atom stereocenters. The number of carbonyl (C=O) groups excluding carboxylic acids is 2. The van der Waals surface area contributed by atoms with E-state index in [1.54, 1.807) is 6.92 Å². The van der Waals surface area contributed by atoms with Gasteiger partial charge in [-0.05, 0) is 43.5 Å². The molecule has 0 heterocycles. The van der Waals surface area contributed by atoms with Crippen molar-refractivity contribution in [1.29, 1.82) is 0 Å². The monoisotopic (exact) mass is 523 g/mol. The quantitative estimate of drug-likeness (QED) is 0.405. The Morgan fingerprint density at radius 2 is 1.83 bits per heavy atom. The van der Waals surface area contributed by atoms with Crippen molar-refractivity contribution in [3.8, 4) is 5.75 Å². The molecule has 0 radical (unpaired) electrons. The highest BCUT2D eigenvalue weighted by atomic mass is 35.5. The molecule has 8 nitrogen and oxygen atoms in total. The van der Waals surface area contributed by atoms with Gasteiger partial charge in [0, 0.05) is 13.1 Å². The smallest absolute Gasteiger partial charge is 0.244 e. The molecule has 0 aromatic heterocycles. The highest BCUT2D eigenvalue weighted by molar-refractivity contribution is 7.92. The van der Waals surface area contributed by atoms with Gasteiger partial charge in [0.05, 0.1) is 24.1 Å². The van der Waals surface area contributed by atoms with E-state index in [0.717, 1.165) is 29.0 Å². The van der Waals surface area contributed by atoms with Crippen LogP contribution in [0.4, 0.5) is 5.69 Å². The van der Waals surface area contributed by atoms with Crippen LogP contribution < -0.4 is 14.4 Å². The van der Waals surface area contributed by atoms with Gasteiger partial charge >= 0.3 is 0 Å². The number of anilines is 1. The highest BCUT2D eigenvalue weighted by Gasteiger charge is 2.30. The molecule has 2 aromatic carbocycles. The van der Waals surface area contributed by atoms with Crippen LogP contribution in [-0.4, -0.2) is 64.2 Å². The van der Waals surface area contributed by atoms with E-state index in [-0.39, 0.29) is 23.2 Å². The molecule has 192 valence electrons. The lowest BCUT2D eigenvalue weighted by atomic mass is 10.1. The molecule has 1 N–H and O–H groups in total. The van der Waals surface area contributed by atoms with Gasteiger partial charge in [-0.2, -0.15) is 0 Å². The largest absolute Gasteiger partial charge is 0.495 e. The number of nitrogens with one attached hydrogen (secondary N) is 1. The van der Waals surface area contributed by atoms with Gasteiger partial charge in [-0.15, -0.1) is 0 Å². The molecule has 0 saturated heterocycles. The maximum absolute atomic E-state index is 13.5. The van der Waals surface area contributed by atoms with Crippen LogP contribution >= 0.6 is 11.6 Å². The third-order valence-electron chi connectivity index (χ3n) is 5.58. The summed E-state index contributed by atoms with van der Waals surface area (Å²) in [5.74, 6) is -0.383. The van der Waals surface area contributed by atoms with Gasteiger partial charge in [0.15, 0.2) is 0 Å². The average molecular weight is 524 g/mol. The highest BCUT2D eigenvalue weighted by Crippen LogP contribution is 2.30. The average Bonchev–Trinajstić information content (AvgIpc) is 2.82. The molecule has 10 heteroatoms. The van der Waals surface area contributed by atoms with E-state index in [0.29, 0.717) is 18.7 Å². The Morgan fingerprint density at radius 3 is 2.40 bits per heavy atom. The number of unbranched alkanes of at least 4 members (excludes halogenated alkanes) is 1. The summed E-state index contributed by atoms with van der Waals surface area (Å²) in [5.41, 5.74) is 1.24. The minimum Gasteiger partial charge on any atom is -0.495 e. The first-order valence-electron chi connectivity index (χ1n) is 11.5. The van der Waals surface area contributed by atoms with E-state index in [2.05, 4.69) is 5.32 Å². The van der Waals surface area contributed by atoms with Crippen LogP contribution in [0.15, 0.2) is 48.5 Å². The number of sulfonamides is 1. The molecule has 0 spiro atoms. The molecule has 0 saturated carbocycles. The molecule has 2 rings (SSSR count). The van der Waals surface area contributed by atoms with Crippen LogP contribution in [0.2, 0.25) is 5.02 Å². The van der Waals surface area contributed by atoms with Gasteiger partial charge in [0.25, 0.3) is 0 Å². The van der Waals surface area contributed by atoms with Crippen LogP contribution in [0.25, 0.3) is 0 Å². The number of ether oxygens (including phenoxy) is 1. The molecule has 0 aliphatic rings. The Bertz CT molecular complexity index is 1100. The fourth-order valence-corrected chi connectivity index (χ4v) is 4.62. The molecule has 0 aliphatic heterocycles. The van der Waals surface area contributed by atoms with Gasteiger partial charge in [-0.25, -0.2) is 8.42 Å². The third kappa shape index (κ3) is 8.43. The van der Waals surface area contributed by atoms with E-state index in [9.17, 15) is 18.0 Å². The maximum atomic E-state index is 13.5. The number of rotatable bonds is 13. The number of halogens is 1. The summed E-state index contributed by atoms with van der Waals surface area (Å²) in [6.07, 6.45) is 3.30. The van der Waals surface area contributed by atoms with Crippen LogP contribution in [0, 0.1) is 0 Å². The molecule has 35 heavy (non-hydrogen) atoms. The van der Waals surface area contributed by atoms with E-state index < -0.39 is 28.5 Å². The molecular weight excluding hydrogens is 490 g/mol. The Kier molecular flexibility index (Phi) is 10.9. The number of benzene rings is 2. The Morgan fingerprint density at radius 1 is 1.14 bits per heavy atom. The number of carbonyl (C=O) groups is 2. The van der Waals surface area contributed by atoms with E-state index in [4.69, 9.17) is 16.3 Å². The van der Waals surface area contributed by atoms with Gasteiger partial charge in [-0.3, -0.25) is 13.9 Å². The van der Waals surface area contributed by atoms with Gasteiger partial charge < -0.3 is 15.0 Å². The summed E-state index contributed by atoms with van der Waals surface area (Å²) in [7, 11) is -2.37. The third-order valence-corrected chi connectivity index (χ3v) is 7.02. The molecule has 0 fully saturated rings. The molecule has 0 aliphatic carbocycles. The minimum atomic E-state index is -3.83. The summed E-state index contributed by atoms with van der Waals surface area (Å²) in [4.78, 5) is 27.7. The summed E-state index contributed by atoms with van der Waals surface area (Å²) in [6.45, 7) is 3.98. The van der Waals surface area contributed by atoms with Crippen LogP contribution in [-0.2, 0) is 26.0 Å². The van der Waals surface area contributed by atoms with Crippen molar-refractivity contribution in [2.24, 2.45) is 0 Å². The second kappa shape index (κ2) is 13.3. The standard InChI is InChI=1S/C25H34ClN3O5S/c1-5-6-15-27-25(31)19(2)28(16-14-20-10-8-7-9-11-20)24(30)18-29(35(4,32)33)21-12-13-23(34-3)22(26)17-21/h7-13,17,19H,5-6,14-16,18H2,1-4H3,(H,27,31)/t19-/m0/s1. The van der Waals surface area contributed by atoms with E-state index >= 15 is 0 Å². The Hall–Kier alpha value is -2.78. The second-order valence-corrected chi connectivity index (χ2v) is 10.5. The molecule has 0 bridgehead atoms. The topological polar surface area (TPSA) is 96.0 Å². The van der Waals surface area contributed by atoms with Crippen LogP contribution in [0.3, 0.4) is 0 Å². The normalized spacial score (nSPS) is 12.0. The number of hydrogen-bond donors (Lipinski definition) is 1. The SMILES string of the molecule is CCCCNC(=O)[C@H](C)N(CCc1ccccc1)C(=O)CN(c1ccc(OC)c(Cl)c1)S(C)(=O)=O. The predicted molar refractivity (Wildman–Crippen MR) is 139 cm³/mol. The lowest BCUT2D eigenvalue weighted by molar-refractivity contribution is -0.138. The summed E-state index contributed by atoms with van der Waals surface area (Å²) >= 11 is 6.20. The number of hydrogen-bond acceptors (Lipinski definition) is 5. The second-order valence-electron chi connectivity index (χ2n) is 8.23. The van der Waals surface area contributed by atoms with Crippen LogP contribution in [0.1, 0.15) is 32.3 Å². The maximum Gasteiger partial charge on any atom is 0.244 e. The first kappa shape index (κ1) is 28.5. The molecule has 2 aromatic rings. The molecule has 2 amide bonds. The Labute approximate surface area is 213 Å². The summed E-state index contributed by atoms with van der Waals surface area (Å²) in [6, 6.07) is 13.3. The summed E-state index contributed by atoms with van der Waals surface area (Å²) < 4.78 is 31.4. The van der Waals surface area contributed by atoms with Crippen molar-refractivity contribution in [3.63, 3.8) is 0 Å².